The lowest BCUT2D eigenvalue weighted by Gasteiger charge is -2.33. The van der Waals surface area contributed by atoms with Crippen molar-refractivity contribution in [1.29, 1.82) is 0 Å². The molecule has 0 radical (unpaired) electrons. The molecule has 1 aromatic carbocycles. The Kier molecular flexibility index (Phi) is 6.49. The molecule has 0 aliphatic rings. The topological polar surface area (TPSA) is 49.7 Å². The minimum Gasteiger partial charge on any atom is -0.394 e. The molecular formula is C16H26O3. The third-order valence-electron chi connectivity index (χ3n) is 3.22. The Morgan fingerprint density at radius 1 is 1.21 bits per heavy atom. The van der Waals surface area contributed by atoms with Crippen LogP contribution >= 0.6 is 0 Å². The van der Waals surface area contributed by atoms with Gasteiger partial charge >= 0.3 is 0 Å². The molecule has 0 aromatic heterocycles. The summed E-state index contributed by atoms with van der Waals surface area (Å²) in [4.78, 5) is 0. The third kappa shape index (κ3) is 5.72. The standard InChI is InChI=1S/C16H26O3/c1-4-10-16(2,3)19-15(14(18)12-17)11-13-8-6-5-7-9-13/h5-9,14-15,17-18H,4,10-12H2,1-3H3. The summed E-state index contributed by atoms with van der Waals surface area (Å²) in [6, 6.07) is 9.91. The average Bonchev–Trinajstić information content (AvgIpc) is 2.38. The molecule has 2 N–H and O–H groups in total. The number of aliphatic hydroxyl groups is 2. The van der Waals surface area contributed by atoms with E-state index in [9.17, 15) is 10.2 Å². The van der Waals surface area contributed by atoms with Gasteiger partial charge < -0.3 is 14.9 Å². The van der Waals surface area contributed by atoms with Crippen LogP contribution in [0.15, 0.2) is 30.3 Å². The second-order valence-electron chi connectivity index (χ2n) is 5.61. The molecule has 108 valence electrons. The number of rotatable bonds is 8. The molecular weight excluding hydrogens is 240 g/mol. The smallest absolute Gasteiger partial charge is 0.103 e. The van der Waals surface area contributed by atoms with Gasteiger partial charge in [0.25, 0.3) is 0 Å². The minimum atomic E-state index is -0.851. The summed E-state index contributed by atoms with van der Waals surface area (Å²) >= 11 is 0. The summed E-state index contributed by atoms with van der Waals surface area (Å²) < 4.78 is 6.02. The van der Waals surface area contributed by atoms with Crippen LogP contribution in [0.5, 0.6) is 0 Å². The van der Waals surface area contributed by atoms with Crippen LogP contribution in [-0.2, 0) is 11.2 Å². The van der Waals surface area contributed by atoms with Crippen molar-refractivity contribution in [2.45, 2.75) is 57.8 Å². The Hall–Kier alpha value is -0.900. The highest BCUT2D eigenvalue weighted by molar-refractivity contribution is 5.15. The van der Waals surface area contributed by atoms with Gasteiger partial charge in [0.1, 0.15) is 6.10 Å². The first-order valence-electron chi connectivity index (χ1n) is 6.99. The van der Waals surface area contributed by atoms with Crippen molar-refractivity contribution in [1.82, 2.24) is 0 Å². The zero-order chi connectivity index (χ0) is 14.3. The number of aliphatic hydroxyl groups excluding tert-OH is 2. The van der Waals surface area contributed by atoms with E-state index in [1.54, 1.807) is 0 Å². The zero-order valence-corrected chi connectivity index (χ0v) is 12.2. The molecule has 1 rings (SSSR count). The Morgan fingerprint density at radius 3 is 2.37 bits per heavy atom. The lowest BCUT2D eigenvalue weighted by molar-refractivity contribution is -0.130. The SMILES string of the molecule is CCCC(C)(C)OC(Cc1ccccc1)C(O)CO. The van der Waals surface area contributed by atoms with Gasteiger partial charge in [-0.25, -0.2) is 0 Å². The van der Waals surface area contributed by atoms with Gasteiger partial charge in [0.15, 0.2) is 0 Å². The molecule has 2 unspecified atom stereocenters. The summed E-state index contributed by atoms with van der Waals surface area (Å²) in [5, 5.41) is 19.1. The fraction of sp³-hybridized carbons (Fsp3) is 0.625. The van der Waals surface area contributed by atoms with Crippen molar-refractivity contribution in [3.05, 3.63) is 35.9 Å². The Balaban J connectivity index is 2.72. The lowest BCUT2D eigenvalue weighted by atomic mass is 9.99. The first-order chi connectivity index (χ1) is 8.98. The molecule has 2 atom stereocenters. The second-order valence-corrected chi connectivity index (χ2v) is 5.61. The molecule has 3 heteroatoms. The monoisotopic (exact) mass is 266 g/mol. The van der Waals surface area contributed by atoms with Crippen molar-refractivity contribution in [3.8, 4) is 0 Å². The van der Waals surface area contributed by atoms with Gasteiger partial charge in [0, 0.05) is 6.42 Å². The van der Waals surface area contributed by atoms with E-state index in [2.05, 4.69) is 6.92 Å². The van der Waals surface area contributed by atoms with Gasteiger partial charge in [0.05, 0.1) is 18.3 Å². The Morgan fingerprint density at radius 2 is 1.84 bits per heavy atom. The first kappa shape index (κ1) is 16.2. The minimum absolute atomic E-state index is 0.278. The average molecular weight is 266 g/mol. The maximum atomic E-state index is 9.94. The Bertz CT molecular complexity index is 348. The summed E-state index contributed by atoms with van der Waals surface area (Å²) in [7, 11) is 0. The molecule has 0 fully saturated rings. The summed E-state index contributed by atoms with van der Waals surface area (Å²) in [5.74, 6) is 0. The number of hydrogen-bond donors (Lipinski definition) is 2. The van der Waals surface area contributed by atoms with Crippen LogP contribution in [0.4, 0.5) is 0 Å². The summed E-state index contributed by atoms with van der Waals surface area (Å²) in [6.45, 7) is 5.89. The van der Waals surface area contributed by atoms with E-state index in [4.69, 9.17) is 4.74 Å². The highest BCUT2D eigenvalue weighted by Crippen LogP contribution is 2.22. The van der Waals surface area contributed by atoms with E-state index in [1.165, 1.54) is 0 Å². The highest BCUT2D eigenvalue weighted by Gasteiger charge is 2.27. The van der Waals surface area contributed by atoms with Gasteiger partial charge in [-0.15, -0.1) is 0 Å². The van der Waals surface area contributed by atoms with E-state index in [0.29, 0.717) is 6.42 Å². The van der Waals surface area contributed by atoms with Crippen LogP contribution in [0.25, 0.3) is 0 Å². The van der Waals surface area contributed by atoms with E-state index < -0.39 is 6.10 Å². The van der Waals surface area contributed by atoms with Crippen LogP contribution in [-0.4, -0.2) is 34.6 Å². The van der Waals surface area contributed by atoms with Crippen LogP contribution < -0.4 is 0 Å². The van der Waals surface area contributed by atoms with Crippen molar-refractivity contribution in [2.75, 3.05) is 6.61 Å². The molecule has 19 heavy (non-hydrogen) atoms. The lowest BCUT2D eigenvalue weighted by Crippen LogP contribution is -2.40. The summed E-state index contributed by atoms with van der Waals surface area (Å²) in [6.07, 6.45) is 1.33. The molecule has 0 aliphatic carbocycles. The zero-order valence-electron chi connectivity index (χ0n) is 12.2. The van der Waals surface area contributed by atoms with E-state index in [-0.39, 0.29) is 18.3 Å². The molecule has 0 aliphatic heterocycles. The number of ether oxygens (including phenoxy) is 1. The van der Waals surface area contributed by atoms with Gasteiger partial charge in [-0.05, 0) is 25.8 Å². The number of benzene rings is 1. The van der Waals surface area contributed by atoms with Crippen molar-refractivity contribution in [3.63, 3.8) is 0 Å². The Labute approximate surface area is 116 Å². The molecule has 1 aromatic rings. The molecule has 0 saturated carbocycles. The largest absolute Gasteiger partial charge is 0.394 e. The van der Waals surface area contributed by atoms with Gasteiger partial charge in [0.2, 0.25) is 0 Å². The molecule has 0 amide bonds. The third-order valence-corrected chi connectivity index (χ3v) is 3.22. The fourth-order valence-electron chi connectivity index (χ4n) is 2.29. The van der Waals surface area contributed by atoms with Gasteiger partial charge in [-0.2, -0.15) is 0 Å². The van der Waals surface area contributed by atoms with Gasteiger partial charge in [-0.1, -0.05) is 43.7 Å². The maximum absolute atomic E-state index is 9.94. The quantitative estimate of drug-likeness (QED) is 0.760. The van der Waals surface area contributed by atoms with Crippen LogP contribution in [0.3, 0.4) is 0 Å². The van der Waals surface area contributed by atoms with Crippen LogP contribution in [0.1, 0.15) is 39.2 Å². The van der Waals surface area contributed by atoms with E-state index >= 15 is 0 Å². The van der Waals surface area contributed by atoms with E-state index in [1.807, 2.05) is 44.2 Å². The maximum Gasteiger partial charge on any atom is 0.103 e. The van der Waals surface area contributed by atoms with Crippen molar-refractivity contribution >= 4 is 0 Å². The van der Waals surface area contributed by atoms with Crippen LogP contribution in [0, 0.1) is 0 Å². The molecule has 3 nitrogen and oxygen atoms in total. The molecule has 0 spiro atoms. The van der Waals surface area contributed by atoms with Crippen molar-refractivity contribution in [2.24, 2.45) is 0 Å². The summed E-state index contributed by atoms with van der Waals surface area (Å²) in [5.41, 5.74) is 0.817. The van der Waals surface area contributed by atoms with Crippen molar-refractivity contribution < 1.29 is 14.9 Å². The number of hydrogen-bond acceptors (Lipinski definition) is 3. The molecule has 0 saturated heterocycles. The predicted octanol–water partition coefficient (Wildman–Crippen LogP) is 2.55. The predicted molar refractivity (Wildman–Crippen MR) is 77.1 cm³/mol. The molecule has 0 heterocycles. The highest BCUT2D eigenvalue weighted by atomic mass is 16.5. The first-order valence-corrected chi connectivity index (χ1v) is 6.99. The van der Waals surface area contributed by atoms with Gasteiger partial charge in [-0.3, -0.25) is 0 Å². The normalized spacial score (nSPS) is 15.2. The van der Waals surface area contributed by atoms with E-state index in [0.717, 1.165) is 18.4 Å². The molecule has 0 bridgehead atoms. The van der Waals surface area contributed by atoms with Crippen LogP contribution in [0.2, 0.25) is 0 Å². The fourth-order valence-corrected chi connectivity index (χ4v) is 2.29. The second kappa shape index (κ2) is 7.63.